The van der Waals surface area contributed by atoms with Gasteiger partial charge in [0.05, 0.1) is 0 Å². The van der Waals surface area contributed by atoms with Crippen molar-refractivity contribution in [1.82, 2.24) is 0 Å². The molecule has 0 aliphatic heterocycles. The molecule has 1 aromatic carbocycles. The lowest BCUT2D eigenvalue weighted by molar-refractivity contribution is -0.0360. The van der Waals surface area contributed by atoms with E-state index in [1.807, 2.05) is 6.07 Å². The molecular formula is C17H21FO2. The van der Waals surface area contributed by atoms with Gasteiger partial charge in [0.1, 0.15) is 11.4 Å². The summed E-state index contributed by atoms with van der Waals surface area (Å²) in [7, 11) is 0. The van der Waals surface area contributed by atoms with Crippen molar-refractivity contribution < 1.29 is 13.9 Å². The maximum atomic E-state index is 13.7. The molecule has 0 atom stereocenters. The molecule has 1 aromatic heterocycles. The van der Waals surface area contributed by atoms with Gasteiger partial charge < -0.3 is 9.52 Å². The smallest absolute Gasteiger partial charge is 0.170 e. The number of fused-ring (bicyclic) bond motifs is 1. The topological polar surface area (TPSA) is 33.4 Å². The first kappa shape index (κ1) is 13.6. The van der Waals surface area contributed by atoms with Crippen molar-refractivity contribution in [2.75, 3.05) is 0 Å². The van der Waals surface area contributed by atoms with Gasteiger partial charge in [-0.05, 0) is 49.7 Å². The highest BCUT2D eigenvalue weighted by atomic mass is 19.1. The minimum Gasteiger partial charge on any atom is -0.455 e. The fourth-order valence-electron chi connectivity index (χ4n) is 3.29. The second-order valence-electron chi connectivity index (χ2n) is 6.38. The van der Waals surface area contributed by atoms with Crippen molar-refractivity contribution in [1.29, 1.82) is 0 Å². The minimum atomic E-state index is -0.934. The summed E-state index contributed by atoms with van der Waals surface area (Å²) in [5, 5.41) is 11.5. The summed E-state index contributed by atoms with van der Waals surface area (Å²) < 4.78 is 19.3. The van der Waals surface area contributed by atoms with Gasteiger partial charge in [-0.15, -0.1) is 0 Å². The van der Waals surface area contributed by atoms with E-state index in [1.54, 1.807) is 12.1 Å². The van der Waals surface area contributed by atoms with Gasteiger partial charge >= 0.3 is 0 Å². The molecule has 1 heterocycles. The van der Waals surface area contributed by atoms with Crippen molar-refractivity contribution in [3.8, 4) is 0 Å². The Balaban J connectivity index is 1.89. The zero-order chi connectivity index (χ0) is 14.3. The predicted octanol–water partition coefficient (Wildman–Crippen LogP) is 4.61. The van der Waals surface area contributed by atoms with Gasteiger partial charge in [-0.25, -0.2) is 4.39 Å². The summed E-state index contributed by atoms with van der Waals surface area (Å²) in [5.41, 5.74) is -0.682. The van der Waals surface area contributed by atoms with E-state index in [0.29, 0.717) is 30.4 Å². The van der Waals surface area contributed by atoms with Crippen LogP contribution in [-0.4, -0.2) is 5.11 Å². The molecule has 0 amide bonds. The average Bonchev–Trinajstić information content (AvgIpc) is 2.85. The number of hydrogen-bond donors (Lipinski definition) is 1. The lowest BCUT2D eigenvalue weighted by atomic mass is 9.74. The Morgan fingerprint density at radius 3 is 2.60 bits per heavy atom. The molecule has 1 N–H and O–H groups in total. The van der Waals surface area contributed by atoms with Crippen LogP contribution in [0.15, 0.2) is 28.7 Å². The van der Waals surface area contributed by atoms with Crippen LogP contribution in [0.1, 0.15) is 45.3 Å². The molecular weight excluding hydrogens is 255 g/mol. The van der Waals surface area contributed by atoms with Crippen LogP contribution < -0.4 is 0 Å². The third kappa shape index (κ3) is 2.24. The molecule has 0 spiro atoms. The lowest BCUT2D eigenvalue weighted by Crippen LogP contribution is -2.32. The Bertz CT molecular complexity index is 606. The molecule has 2 nitrogen and oxygen atoms in total. The second-order valence-corrected chi connectivity index (χ2v) is 6.38. The number of rotatable bonds is 2. The van der Waals surface area contributed by atoms with Crippen LogP contribution in [0, 0.1) is 17.7 Å². The lowest BCUT2D eigenvalue weighted by Gasteiger charge is -2.36. The summed E-state index contributed by atoms with van der Waals surface area (Å²) in [4.78, 5) is 0. The number of para-hydroxylation sites is 1. The zero-order valence-electron chi connectivity index (χ0n) is 12.0. The number of furan rings is 1. The third-order valence-electron chi connectivity index (χ3n) is 4.75. The molecule has 108 valence electrons. The number of hydrogen-bond acceptors (Lipinski definition) is 2. The SMILES string of the molecule is CC(C)C1CCC(O)(c2cc3cccc(F)c3o2)CC1. The molecule has 0 saturated heterocycles. The summed E-state index contributed by atoms with van der Waals surface area (Å²) in [6, 6.07) is 6.65. The highest BCUT2D eigenvalue weighted by molar-refractivity contribution is 5.78. The molecule has 3 heteroatoms. The molecule has 0 unspecified atom stereocenters. The highest BCUT2D eigenvalue weighted by Crippen LogP contribution is 2.43. The van der Waals surface area contributed by atoms with Gasteiger partial charge in [0.2, 0.25) is 0 Å². The van der Waals surface area contributed by atoms with Crippen molar-refractivity contribution in [2.45, 2.75) is 45.1 Å². The first-order chi connectivity index (χ1) is 9.49. The maximum Gasteiger partial charge on any atom is 0.170 e. The fourth-order valence-corrected chi connectivity index (χ4v) is 3.29. The molecule has 20 heavy (non-hydrogen) atoms. The standard InChI is InChI=1S/C17H21FO2/c1-11(2)12-6-8-17(19,9-7-12)15-10-13-4-3-5-14(18)16(13)20-15/h3-5,10-12,19H,6-9H2,1-2H3. The number of aliphatic hydroxyl groups is 1. The van der Waals surface area contributed by atoms with Crippen LogP contribution in [-0.2, 0) is 5.60 Å². The van der Waals surface area contributed by atoms with Gasteiger partial charge in [0.15, 0.2) is 11.4 Å². The van der Waals surface area contributed by atoms with Crippen molar-refractivity contribution in [3.05, 3.63) is 35.8 Å². The Morgan fingerprint density at radius 2 is 2.00 bits per heavy atom. The van der Waals surface area contributed by atoms with Crippen molar-refractivity contribution >= 4 is 11.0 Å². The largest absolute Gasteiger partial charge is 0.455 e. The normalized spacial score (nSPS) is 27.4. The van der Waals surface area contributed by atoms with Crippen LogP contribution >= 0.6 is 0 Å². The Hall–Kier alpha value is -1.35. The van der Waals surface area contributed by atoms with Crippen LogP contribution in [0.4, 0.5) is 4.39 Å². The molecule has 2 aromatic rings. The van der Waals surface area contributed by atoms with Crippen LogP contribution in [0.2, 0.25) is 0 Å². The van der Waals surface area contributed by atoms with Crippen LogP contribution in [0.3, 0.4) is 0 Å². The van der Waals surface area contributed by atoms with Crippen LogP contribution in [0.25, 0.3) is 11.0 Å². The molecule has 3 rings (SSSR count). The van der Waals surface area contributed by atoms with E-state index in [9.17, 15) is 9.50 Å². The number of benzene rings is 1. The monoisotopic (exact) mass is 276 g/mol. The van der Waals surface area contributed by atoms with Gasteiger partial charge in [0.25, 0.3) is 0 Å². The van der Waals surface area contributed by atoms with E-state index in [2.05, 4.69) is 13.8 Å². The van der Waals surface area contributed by atoms with Crippen molar-refractivity contribution in [2.24, 2.45) is 11.8 Å². The Morgan fingerprint density at radius 1 is 1.30 bits per heavy atom. The van der Waals surface area contributed by atoms with E-state index in [1.165, 1.54) is 6.07 Å². The Labute approximate surface area is 118 Å². The molecule has 1 aliphatic rings. The highest BCUT2D eigenvalue weighted by Gasteiger charge is 2.38. The summed E-state index contributed by atoms with van der Waals surface area (Å²) in [6.45, 7) is 4.46. The van der Waals surface area contributed by atoms with E-state index < -0.39 is 5.60 Å². The molecule has 0 bridgehead atoms. The molecule has 0 radical (unpaired) electrons. The summed E-state index contributed by atoms with van der Waals surface area (Å²) in [6.07, 6.45) is 3.37. The quantitative estimate of drug-likeness (QED) is 0.869. The zero-order valence-corrected chi connectivity index (χ0v) is 12.0. The third-order valence-corrected chi connectivity index (χ3v) is 4.75. The maximum absolute atomic E-state index is 13.7. The fraction of sp³-hybridized carbons (Fsp3) is 0.529. The van der Waals surface area contributed by atoms with E-state index in [4.69, 9.17) is 4.42 Å². The first-order valence-electron chi connectivity index (χ1n) is 7.40. The van der Waals surface area contributed by atoms with Gasteiger partial charge in [-0.1, -0.05) is 26.0 Å². The summed E-state index contributed by atoms with van der Waals surface area (Å²) >= 11 is 0. The van der Waals surface area contributed by atoms with Crippen molar-refractivity contribution in [3.63, 3.8) is 0 Å². The van der Waals surface area contributed by atoms with Gasteiger partial charge in [-0.3, -0.25) is 0 Å². The van der Waals surface area contributed by atoms with Gasteiger partial charge in [-0.2, -0.15) is 0 Å². The summed E-state index contributed by atoms with van der Waals surface area (Å²) in [5.74, 6) is 1.46. The Kier molecular flexibility index (Phi) is 3.33. The predicted molar refractivity (Wildman–Crippen MR) is 76.9 cm³/mol. The first-order valence-corrected chi connectivity index (χ1v) is 7.40. The van der Waals surface area contributed by atoms with E-state index in [-0.39, 0.29) is 11.4 Å². The molecule has 1 fully saturated rings. The minimum absolute atomic E-state index is 0.252. The number of halogens is 1. The average molecular weight is 276 g/mol. The second kappa shape index (κ2) is 4.88. The molecule has 1 saturated carbocycles. The van der Waals surface area contributed by atoms with Gasteiger partial charge in [0, 0.05) is 5.39 Å². The van der Waals surface area contributed by atoms with Crippen LogP contribution in [0.5, 0.6) is 0 Å². The molecule has 1 aliphatic carbocycles. The van der Waals surface area contributed by atoms with E-state index >= 15 is 0 Å². The van der Waals surface area contributed by atoms with E-state index in [0.717, 1.165) is 18.2 Å².